The summed E-state index contributed by atoms with van der Waals surface area (Å²) >= 11 is 0. The summed E-state index contributed by atoms with van der Waals surface area (Å²) in [7, 11) is 0. The monoisotopic (exact) mass is 277 g/mol. The van der Waals surface area contributed by atoms with Gasteiger partial charge in [0.2, 0.25) is 0 Å². The van der Waals surface area contributed by atoms with Gasteiger partial charge in [0, 0.05) is 6.07 Å². The molecule has 0 heterocycles. The van der Waals surface area contributed by atoms with Crippen LogP contribution in [0.15, 0.2) is 18.2 Å². The van der Waals surface area contributed by atoms with E-state index in [2.05, 4.69) is 16.6 Å². The molecule has 0 bridgehead atoms. The summed E-state index contributed by atoms with van der Waals surface area (Å²) in [5.74, 6) is 4.39. The highest BCUT2D eigenvalue weighted by Gasteiger charge is 2.27. The molecule has 2 N–H and O–H groups in total. The second kappa shape index (κ2) is 6.97. The highest BCUT2D eigenvalue weighted by Crippen LogP contribution is 2.17. The second-order valence-electron chi connectivity index (χ2n) is 3.37. The van der Waals surface area contributed by atoms with Crippen molar-refractivity contribution in [1.82, 2.24) is 0 Å². The number of hydrogen-bond donors (Lipinski definition) is 1. The van der Waals surface area contributed by atoms with E-state index < -0.39 is 25.4 Å². The van der Waals surface area contributed by atoms with Gasteiger partial charge in [0.05, 0.1) is 12.1 Å². The van der Waals surface area contributed by atoms with Crippen molar-refractivity contribution >= 4 is 0 Å². The van der Waals surface area contributed by atoms with Crippen LogP contribution in [0.5, 0.6) is 5.75 Å². The lowest BCUT2D eigenvalue weighted by molar-refractivity contribution is -0.186. The molecular weight excluding hydrogens is 266 g/mol. The van der Waals surface area contributed by atoms with Crippen LogP contribution >= 0.6 is 0 Å². The molecule has 1 aromatic carbocycles. The highest BCUT2D eigenvalue weighted by atomic mass is 19.4. The largest absolute Gasteiger partial charge is 0.467 e. The van der Waals surface area contributed by atoms with Crippen LogP contribution < -0.4 is 10.5 Å². The standard InChI is InChI=1S/C12H11F4NO2/c13-11-6-10(4-3-9(11)2-1-5-17)19-8-18-7-12(14,15)16/h3-4,6H,5,7-8,17H2. The van der Waals surface area contributed by atoms with Gasteiger partial charge in [-0.3, -0.25) is 0 Å². The molecule has 0 saturated heterocycles. The first-order valence-electron chi connectivity index (χ1n) is 5.18. The molecule has 3 nitrogen and oxygen atoms in total. The average Bonchev–Trinajstić information content (AvgIpc) is 2.32. The summed E-state index contributed by atoms with van der Waals surface area (Å²) in [6, 6.07) is 3.73. The molecule has 0 atom stereocenters. The third-order valence-corrected chi connectivity index (χ3v) is 1.84. The Labute approximate surface area is 107 Å². The third kappa shape index (κ3) is 6.08. The fourth-order valence-electron chi connectivity index (χ4n) is 1.10. The van der Waals surface area contributed by atoms with E-state index in [1.54, 1.807) is 0 Å². The molecule has 0 amide bonds. The Hall–Kier alpha value is -1.78. The zero-order valence-electron chi connectivity index (χ0n) is 9.76. The van der Waals surface area contributed by atoms with Crippen molar-refractivity contribution in [2.45, 2.75) is 6.18 Å². The molecule has 19 heavy (non-hydrogen) atoms. The van der Waals surface area contributed by atoms with Crippen molar-refractivity contribution < 1.29 is 27.0 Å². The molecule has 0 aliphatic heterocycles. The number of ether oxygens (including phenoxy) is 2. The first kappa shape index (κ1) is 15.3. The third-order valence-electron chi connectivity index (χ3n) is 1.84. The van der Waals surface area contributed by atoms with Gasteiger partial charge in [0.1, 0.15) is 18.2 Å². The predicted molar refractivity (Wildman–Crippen MR) is 59.8 cm³/mol. The molecular formula is C12H11F4NO2. The summed E-state index contributed by atoms with van der Waals surface area (Å²) in [4.78, 5) is 0. The van der Waals surface area contributed by atoms with Crippen LogP contribution in [0, 0.1) is 17.7 Å². The van der Waals surface area contributed by atoms with E-state index in [-0.39, 0.29) is 17.9 Å². The molecule has 1 aromatic rings. The van der Waals surface area contributed by atoms with Gasteiger partial charge in [0.25, 0.3) is 0 Å². The number of alkyl halides is 3. The SMILES string of the molecule is NCC#Cc1ccc(OCOCC(F)(F)F)cc1F. The van der Waals surface area contributed by atoms with Gasteiger partial charge >= 0.3 is 6.18 Å². The molecule has 0 fully saturated rings. The second-order valence-corrected chi connectivity index (χ2v) is 3.37. The number of halogens is 4. The van der Waals surface area contributed by atoms with Crippen LogP contribution in [0.1, 0.15) is 5.56 Å². The van der Waals surface area contributed by atoms with Gasteiger partial charge in [-0.1, -0.05) is 11.8 Å². The Morgan fingerprint density at radius 3 is 2.58 bits per heavy atom. The van der Waals surface area contributed by atoms with Crippen LogP contribution in [0.3, 0.4) is 0 Å². The Bertz CT molecular complexity index is 477. The Balaban J connectivity index is 2.50. The predicted octanol–water partition coefficient (Wildman–Crippen LogP) is 2.05. The number of rotatable bonds is 4. The van der Waals surface area contributed by atoms with Crippen LogP contribution in [0.4, 0.5) is 17.6 Å². The molecule has 1 rings (SSSR count). The number of benzene rings is 1. The van der Waals surface area contributed by atoms with Gasteiger partial charge in [-0.05, 0) is 12.1 Å². The van der Waals surface area contributed by atoms with E-state index in [0.29, 0.717) is 0 Å². The summed E-state index contributed by atoms with van der Waals surface area (Å²) in [6.45, 7) is -1.94. The van der Waals surface area contributed by atoms with E-state index in [1.807, 2.05) is 0 Å². The van der Waals surface area contributed by atoms with Crippen LogP contribution in [0.2, 0.25) is 0 Å². The molecule has 0 aromatic heterocycles. The minimum Gasteiger partial charge on any atom is -0.467 e. The smallest absolute Gasteiger partial charge is 0.411 e. The average molecular weight is 277 g/mol. The van der Waals surface area contributed by atoms with Crippen LogP contribution in [-0.4, -0.2) is 26.1 Å². The lowest BCUT2D eigenvalue weighted by Crippen LogP contribution is -2.19. The minimum atomic E-state index is -4.42. The number of hydrogen-bond acceptors (Lipinski definition) is 3. The fourth-order valence-corrected chi connectivity index (χ4v) is 1.10. The van der Waals surface area contributed by atoms with E-state index >= 15 is 0 Å². The maximum atomic E-state index is 13.4. The van der Waals surface area contributed by atoms with Gasteiger partial charge in [-0.15, -0.1) is 0 Å². The van der Waals surface area contributed by atoms with Crippen molar-refractivity contribution in [3.05, 3.63) is 29.6 Å². The maximum Gasteiger partial charge on any atom is 0.411 e. The zero-order chi connectivity index (χ0) is 14.3. The topological polar surface area (TPSA) is 44.5 Å². The summed E-state index contributed by atoms with van der Waals surface area (Å²) in [6.07, 6.45) is -4.42. The molecule has 0 unspecified atom stereocenters. The number of nitrogens with two attached hydrogens (primary N) is 1. The normalized spacial score (nSPS) is 10.8. The van der Waals surface area contributed by atoms with Crippen molar-refractivity contribution in [2.75, 3.05) is 19.9 Å². The molecule has 0 aliphatic carbocycles. The summed E-state index contributed by atoms with van der Waals surface area (Å²) in [5.41, 5.74) is 5.28. The fraction of sp³-hybridized carbons (Fsp3) is 0.333. The Morgan fingerprint density at radius 1 is 1.26 bits per heavy atom. The molecule has 0 saturated carbocycles. The lowest BCUT2D eigenvalue weighted by atomic mass is 10.2. The zero-order valence-corrected chi connectivity index (χ0v) is 9.76. The molecule has 7 heteroatoms. The summed E-state index contributed by atoms with van der Waals surface area (Å²) < 4.78 is 57.7. The Kier molecular flexibility index (Phi) is 5.60. The van der Waals surface area contributed by atoms with Crippen molar-refractivity contribution in [1.29, 1.82) is 0 Å². The molecule has 104 valence electrons. The first-order valence-corrected chi connectivity index (χ1v) is 5.18. The molecule has 0 aliphatic rings. The van der Waals surface area contributed by atoms with Crippen molar-refractivity contribution in [2.24, 2.45) is 5.73 Å². The maximum absolute atomic E-state index is 13.4. The van der Waals surface area contributed by atoms with Gasteiger partial charge in [-0.25, -0.2) is 4.39 Å². The van der Waals surface area contributed by atoms with Crippen molar-refractivity contribution in [3.8, 4) is 17.6 Å². The molecule has 0 spiro atoms. The van der Waals surface area contributed by atoms with Crippen LogP contribution in [-0.2, 0) is 4.74 Å². The van der Waals surface area contributed by atoms with Gasteiger partial charge in [-0.2, -0.15) is 13.2 Å². The lowest BCUT2D eigenvalue weighted by Gasteiger charge is -2.09. The van der Waals surface area contributed by atoms with Gasteiger partial charge < -0.3 is 15.2 Å². The minimum absolute atomic E-state index is 0.0537. The quantitative estimate of drug-likeness (QED) is 0.396. The van der Waals surface area contributed by atoms with Crippen molar-refractivity contribution in [3.63, 3.8) is 0 Å². The summed E-state index contributed by atoms with van der Waals surface area (Å²) in [5, 5.41) is 0. The highest BCUT2D eigenvalue weighted by molar-refractivity contribution is 5.39. The first-order chi connectivity index (χ1) is 8.92. The Morgan fingerprint density at radius 2 is 2.00 bits per heavy atom. The van der Waals surface area contributed by atoms with E-state index in [1.165, 1.54) is 12.1 Å². The van der Waals surface area contributed by atoms with E-state index in [9.17, 15) is 17.6 Å². The van der Waals surface area contributed by atoms with E-state index in [4.69, 9.17) is 10.5 Å². The van der Waals surface area contributed by atoms with Gasteiger partial charge in [0.15, 0.2) is 6.79 Å². The van der Waals surface area contributed by atoms with E-state index in [0.717, 1.165) is 6.07 Å². The molecule has 0 radical (unpaired) electrons. The van der Waals surface area contributed by atoms with Crippen LogP contribution in [0.25, 0.3) is 0 Å².